The molecule has 2 nitrogen and oxygen atoms in total. The first-order valence-electron chi connectivity index (χ1n) is 7.89. The van der Waals surface area contributed by atoms with Crippen LogP contribution in [0.4, 0.5) is 0 Å². The van der Waals surface area contributed by atoms with Crippen molar-refractivity contribution in [1.82, 2.24) is 0 Å². The van der Waals surface area contributed by atoms with Crippen LogP contribution < -0.4 is 4.74 Å². The molecule has 22 heavy (non-hydrogen) atoms. The molecule has 3 rings (SSSR count). The molecule has 0 saturated carbocycles. The summed E-state index contributed by atoms with van der Waals surface area (Å²) < 4.78 is 11.1. The summed E-state index contributed by atoms with van der Waals surface area (Å²) in [5.41, 5.74) is 8.98. The fraction of sp³-hybridized carbons (Fsp3) is 0.400. The van der Waals surface area contributed by atoms with Gasteiger partial charge in [-0.05, 0) is 85.7 Å². The fourth-order valence-electron chi connectivity index (χ4n) is 2.89. The summed E-state index contributed by atoms with van der Waals surface area (Å²) in [6.45, 7) is 12.3. The molecule has 1 unspecified atom stereocenters. The van der Waals surface area contributed by atoms with E-state index in [0.29, 0.717) is 12.7 Å². The minimum absolute atomic E-state index is 0.292. The van der Waals surface area contributed by atoms with E-state index < -0.39 is 0 Å². The molecule has 0 amide bonds. The van der Waals surface area contributed by atoms with Crippen molar-refractivity contribution in [3.8, 4) is 16.9 Å². The van der Waals surface area contributed by atoms with Crippen LogP contribution >= 0.6 is 0 Å². The summed E-state index contributed by atoms with van der Waals surface area (Å²) in [5.74, 6) is 1.000. The van der Waals surface area contributed by atoms with Crippen LogP contribution in [0.25, 0.3) is 11.1 Å². The number of ether oxygens (including phenoxy) is 2. The molecule has 1 saturated heterocycles. The predicted molar refractivity (Wildman–Crippen MR) is 90.8 cm³/mol. The molecule has 0 N–H and O–H groups in total. The fourth-order valence-corrected chi connectivity index (χ4v) is 2.89. The first-order valence-corrected chi connectivity index (χ1v) is 7.89. The highest BCUT2D eigenvalue weighted by Gasteiger charge is 2.23. The SMILES string of the molecule is Cc1cc(-c2cc(C)c(OCC3CO3)c(C)c2)cc(C)c1C. The Balaban J connectivity index is 1.94. The highest BCUT2D eigenvalue weighted by Crippen LogP contribution is 2.32. The third kappa shape index (κ3) is 3.02. The molecule has 116 valence electrons. The maximum atomic E-state index is 5.92. The zero-order chi connectivity index (χ0) is 15.9. The third-order valence-electron chi connectivity index (χ3n) is 4.54. The van der Waals surface area contributed by atoms with Gasteiger partial charge in [0, 0.05) is 0 Å². The Morgan fingerprint density at radius 3 is 1.77 bits per heavy atom. The Morgan fingerprint density at radius 2 is 1.32 bits per heavy atom. The van der Waals surface area contributed by atoms with E-state index in [1.807, 2.05) is 0 Å². The second-order valence-electron chi connectivity index (χ2n) is 6.44. The normalized spacial score (nSPS) is 16.7. The number of rotatable bonds is 4. The zero-order valence-electron chi connectivity index (χ0n) is 14.1. The van der Waals surface area contributed by atoms with Crippen LogP contribution in [0, 0.1) is 34.6 Å². The van der Waals surface area contributed by atoms with Crippen LogP contribution in [0.2, 0.25) is 0 Å². The van der Waals surface area contributed by atoms with Crippen molar-refractivity contribution in [3.05, 3.63) is 52.1 Å². The quantitative estimate of drug-likeness (QED) is 0.765. The molecule has 0 radical (unpaired) electrons. The average Bonchev–Trinajstić information content (AvgIpc) is 3.27. The standard InChI is InChI=1S/C20H24O2/c1-12-6-17(7-13(2)16(12)5)18-8-14(3)20(15(4)9-18)22-11-19-10-21-19/h6-9,19H,10-11H2,1-5H3. The maximum absolute atomic E-state index is 5.92. The molecule has 2 heteroatoms. The number of aryl methyl sites for hydroxylation is 4. The lowest BCUT2D eigenvalue weighted by Gasteiger charge is -2.15. The summed E-state index contributed by atoms with van der Waals surface area (Å²) in [7, 11) is 0. The minimum atomic E-state index is 0.292. The Labute approximate surface area is 133 Å². The van der Waals surface area contributed by atoms with Crippen molar-refractivity contribution in [2.45, 2.75) is 40.7 Å². The van der Waals surface area contributed by atoms with Gasteiger partial charge >= 0.3 is 0 Å². The lowest BCUT2D eigenvalue weighted by Crippen LogP contribution is -2.06. The number of benzene rings is 2. The van der Waals surface area contributed by atoms with E-state index in [0.717, 1.165) is 12.4 Å². The molecule has 0 spiro atoms. The van der Waals surface area contributed by atoms with Gasteiger partial charge in [-0.15, -0.1) is 0 Å². The molecular weight excluding hydrogens is 272 g/mol. The smallest absolute Gasteiger partial charge is 0.125 e. The van der Waals surface area contributed by atoms with Gasteiger partial charge in [0.2, 0.25) is 0 Å². The Kier molecular flexibility index (Phi) is 3.96. The van der Waals surface area contributed by atoms with Gasteiger partial charge in [0.05, 0.1) is 6.61 Å². The molecule has 1 aliphatic heterocycles. The van der Waals surface area contributed by atoms with Crippen LogP contribution in [0.5, 0.6) is 5.75 Å². The second-order valence-corrected chi connectivity index (χ2v) is 6.44. The van der Waals surface area contributed by atoms with E-state index in [2.05, 4.69) is 58.9 Å². The summed E-state index contributed by atoms with van der Waals surface area (Å²) in [6.07, 6.45) is 0.292. The topological polar surface area (TPSA) is 21.8 Å². The monoisotopic (exact) mass is 296 g/mol. The molecule has 2 aromatic rings. The zero-order valence-corrected chi connectivity index (χ0v) is 14.1. The third-order valence-corrected chi connectivity index (χ3v) is 4.54. The van der Waals surface area contributed by atoms with Crippen LogP contribution in [0.1, 0.15) is 27.8 Å². The van der Waals surface area contributed by atoms with Crippen molar-refractivity contribution in [1.29, 1.82) is 0 Å². The van der Waals surface area contributed by atoms with Gasteiger partial charge in [0.15, 0.2) is 0 Å². The van der Waals surface area contributed by atoms with Crippen LogP contribution in [0.3, 0.4) is 0 Å². The number of hydrogen-bond acceptors (Lipinski definition) is 2. The van der Waals surface area contributed by atoms with E-state index in [1.54, 1.807) is 0 Å². The summed E-state index contributed by atoms with van der Waals surface area (Å²) in [6, 6.07) is 8.99. The second kappa shape index (κ2) is 5.77. The van der Waals surface area contributed by atoms with Crippen LogP contribution in [-0.4, -0.2) is 19.3 Å². The molecule has 0 aromatic heterocycles. The van der Waals surface area contributed by atoms with E-state index in [1.165, 1.54) is 38.9 Å². The number of hydrogen-bond donors (Lipinski definition) is 0. The van der Waals surface area contributed by atoms with E-state index in [-0.39, 0.29) is 0 Å². The largest absolute Gasteiger partial charge is 0.490 e. The van der Waals surface area contributed by atoms with Crippen LogP contribution in [0.15, 0.2) is 24.3 Å². The van der Waals surface area contributed by atoms with Gasteiger partial charge in [0.25, 0.3) is 0 Å². The number of epoxide rings is 1. The van der Waals surface area contributed by atoms with Gasteiger partial charge in [-0.3, -0.25) is 0 Å². The van der Waals surface area contributed by atoms with Crippen molar-refractivity contribution in [2.24, 2.45) is 0 Å². The lowest BCUT2D eigenvalue weighted by atomic mass is 9.94. The first-order chi connectivity index (χ1) is 10.5. The summed E-state index contributed by atoms with van der Waals surface area (Å²) in [4.78, 5) is 0. The average molecular weight is 296 g/mol. The van der Waals surface area contributed by atoms with E-state index in [9.17, 15) is 0 Å². The van der Waals surface area contributed by atoms with Gasteiger partial charge < -0.3 is 9.47 Å². The van der Waals surface area contributed by atoms with Gasteiger partial charge in [-0.2, -0.15) is 0 Å². The van der Waals surface area contributed by atoms with Crippen molar-refractivity contribution in [2.75, 3.05) is 13.2 Å². The molecule has 2 aromatic carbocycles. The molecule has 1 heterocycles. The molecular formula is C20H24O2. The molecule has 1 fully saturated rings. The minimum Gasteiger partial charge on any atom is -0.490 e. The highest BCUT2D eigenvalue weighted by molar-refractivity contribution is 5.69. The van der Waals surface area contributed by atoms with Crippen LogP contribution in [-0.2, 0) is 4.74 Å². The van der Waals surface area contributed by atoms with E-state index >= 15 is 0 Å². The Bertz CT molecular complexity index is 666. The van der Waals surface area contributed by atoms with Gasteiger partial charge in [0.1, 0.15) is 18.5 Å². The lowest BCUT2D eigenvalue weighted by molar-refractivity contribution is 0.260. The van der Waals surface area contributed by atoms with Crippen molar-refractivity contribution < 1.29 is 9.47 Å². The Hall–Kier alpha value is -1.80. The summed E-state index contributed by atoms with van der Waals surface area (Å²) >= 11 is 0. The molecule has 0 aliphatic carbocycles. The molecule has 1 atom stereocenters. The predicted octanol–water partition coefficient (Wildman–Crippen LogP) is 4.67. The van der Waals surface area contributed by atoms with Gasteiger partial charge in [-0.1, -0.05) is 12.1 Å². The first kappa shape index (κ1) is 15.1. The maximum Gasteiger partial charge on any atom is 0.125 e. The van der Waals surface area contributed by atoms with E-state index in [4.69, 9.17) is 9.47 Å². The van der Waals surface area contributed by atoms with Crippen molar-refractivity contribution in [3.63, 3.8) is 0 Å². The summed E-state index contributed by atoms with van der Waals surface area (Å²) in [5, 5.41) is 0. The molecule has 1 aliphatic rings. The highest BCUT2D eigenvalue weighted by atomic mass is 16.6. The van der Waals surface area contributed by atoms with Gasteiger partial charge in [-0.25, -0.2) is 0 Å². The molecule has 0 bridgehead atoms. The Morgan fingerprint density at radius 1 is 0.864 bits per heavy atom. The van der Waals surface area contributed by atoms with Crippen molar-refractivity contribution >= 4 is 0 Å².